The molecule has 1 N–H and O–H groups in total. The van der Waals surface area contributed by atoms with Crippen molar-refractivity contribution < 1.29 is 4.39 Å². The van der Waals surface area contributed by atoms with Crippen LogP contribution in [0.4, 0.5) is 10.1 Å². The molecule has 1 fully saturated rings. The number of nitrogens with one attached hydrogen (secondary N) is 1. The molecule has 0 amide bonds. The standard InChI is InChI=1S/C15H21BrFN/c1-10-8-13(16)14(17)9-15(10)18-11(2)12-6-4-3-5-7-12/h8-9,11-12,18H,3-7H2,1-2H3. The second kappa shape index (κ2) is 6.05. The maximum Gasteiger partial charge on any atom is 0.139 e. The van der Waals surface area contributed by atoms with E-state index in [0.717, 1.165) is 17.2 Å². The summed E-state index contributed by atoms with van der Waals surface area (Å²) in [6.45, 7) is 4.23. The Hall–Kier alpha value is -0.570. The molecule has 1 saturated carbocycles. The molecule has 0 radical (unpaired) electrons. The lowest BCUT2D eigenvalue weighted by molar-refractivity contribution is 0.328. The van der Waals surface area contributed by atoms with Crippen molar-refractivity contribution in [3.63, 3.8) is 0 Å². The van der Waals surface area contributed by atoms with Crippen molar-refractivity contribution in [3.8, 4) is 0 Å². The van der Waals surface area contributed by atoms with Gasteiger partial charge < -0.3 is 5.32 Å². The van der Waals surface area contributed by atoms with Crippen molar-refractivity contribution in [2.75, 3.05) is 5.32 Å². The average molecular weight is 314 g/mol. The van der Waals surface area contributed by atoms with E-state index >= 15 is 0 Å². The van der Waals surface area contributed by atoms with Gasteiger partial charge in [-0.15, -0.1) is 0 Å². The van der Waals surface area contributed by atoms with Gasteiger partial charge in [-0.3, -0.25) is 0 Å². The highest BCUT2D eigenvalue weighted by molar-refractivity contribution is 9.10. The van der Waals surface area contributed by atoms with Crippen molar-refractivity contribution >= 4 is 21.6 Å². The summed E-state index contributed by atoms with van der Waals surface area (Å²) in [5.74, 6) is 0.531. The van der Waals surface area contributed by atoms with Crippen molar-refractivity contribution in [2.24, 2.45) is 5.92 Å². The van der Waals surface area contributed by atoms with Gasteiger partial charge in [-0.25, -0.2) is 4.39 Å². The topological polar surface area (TPSA) is 12.0 Å². The molecule has 1 unspecified atom stereocenters. The van der Waals surface area contributed by atoms with Gasteiger partial charge in [-0.05, 0) is 66.2 Å². The number of hydrogen-bond donors (Lipinski definition) is 1. The highest BCUT2D eigenvalue weighted by Crippen LogP contribution is 2.30. The van der Waals surface area contributed by atoms with Crippen LogP contribution in [0.25, 0.3) is 0 Å². The van der Waals surface area contributed by atoms with E-state index in [2.05, 4.69) is 28.2 Å². The van der Waals surface area contributed by atoms with Crippen molar-refractivity contribution in [3.05, 3.63) is 28.0 Å². The number of anilines is 1. The molecule has 1 nitrogen and oxygen atoms in total. The van der Waals surface area contributed by atoms with Gasteiger partial charge >= 0.3 is 0 Å². The first kappa shape index (κ1) is 13.9. The lowest BCUT2D eigenvalue weighted by Gasteiger charge is -2.29. The molecule has 1 aliphatic rings. The second-order valence-electron chi connectivity index (χ2n) is 5.41. The fourth-order valence-corrected chi connectivity index (χ4v) is 3.26. The molecule has 100 valence electrons. The van der Waals surface area contributed by atoms with E-state index < -0.39 is 0 Å². The molecule has 1 aromatic rings. The zero-order valence-corrected chi connectivity index (χ0v) is 12.7. The molecule has 18 heavy (non-hydrogen) atoms. The monoisotopic (exact) mass is 313 g/mol. The fraction of sp³-hybridized carbons (Fsp3) is 0.600. The van der Waals surface area contributed by atoms with Crippen molar-refractivity contribution in [2.45, 2.75) is 52.0 Å². The second-order valence-corrected chi connectivity index (χ2v) is 6.27. The summed E-state index contributed by atoms with van der Waals surface area (Å²) < 4.78 is 14.1. The van der Waals surface area contributed by atoms with Gasteiger partial charge in [0, 0.05) is 11.7 Å². The molecule has 0 spiro atoms. The van der Waals surface area contributed by atoms with Gasteiger partial charge in [0.2, 0.25) is 0 Å². The van der Waals surface area contributed by atoms with Gasteiger partial charge in [0.25, 0.3) is 0 Å². The number of halogens is 2. The minimum Gasteiger partial charge on any atom is -0.382 e. The zero-order valence-electron chi connectivity index (χ0n) is 11.1. The Morgan fingerprint density at radius 1 is 1.28 bits per heavy atom. The first-order valence-corrected chi connectivity index (χ1v) is 7.59. The van der Waals surface area contributed by atoms with Gasteiger partial charge in [-0.2, -0.15) is 0 Å². The van der Waals surface area contributed by atoms with Crippen LogP contribution in [0, 0.1) is 18.7 Å². The van der Waals surface area contributed by atoms with E-state index in [9.17, 15) is 4.39 Å². The highest BCUT2D eigenvalue weighted by atomic mass is 79.9. The Balaban J connectivity index is 2.06. The summed E-state index contributed by atoms with van der Waals surface area (Å²) in [6, 6.07) is 3.86. The summed E-state index contributed by atoms with van der Waals surface area (Å²) in [5.41, 5.74) is 2.01. The Morgan fingerprint density at radius 3 is 2.61 bits per heavy atom. The highest BCUT2D eigenvalue weighted by Gasteiger charge is 2.20. The molecule has 1 aliphatic carbocycles. The van der Waals surface area contributed by atoms with Crippen molar-refractivity contribution in [1.82, 2.24) is 0 Å². The third kappa shape index (κ3) is 3.25. The molecule has 0 aromatic heterocycles. The van der Waals surface area contributed by atoms with Crippen LogP contribution in [0.15, 0.2) is 16.6 Å². The minimum absolute atomic E-state index is 0.195. The average Bonchev–Trinajstić information content (AvgIpc) is 2.37. The first-order chi connectivity index (χ1) is 8.58. The zero-order chi connectivity index (χ0) is 13.1. The van der Waals surface area contributed by atoms with E-state index in [1.165, 1.54) is 32.1 Å². The number of hydrogen-bond acceptors (Lipinski definition) is 1. The lowest BCUT2D eigenvalue weighted by atomic mass is 9.84. The van der Waals surface area contributed by atoms with Crippen LogP contribution < -0.4 is 5.32 Å². The number of rotatable bonds is 3. The summed E-state index contributed by atoms with van der Waals surface area (Å²) >= 11 is 3.22. The lowest BCUT2D eigenvalue weighted by Crippen LogP contribution is -2.28. The molecule has 1 aromatic carbocycles. The van der Waals surface area contributed by atoms with E-state index in [1.807, 2.05) is 13.0 Å². The Labute approximate surface area is 117 Å². The summed E-state index contributed by atoms with van der Waals surface area (Å²) in [5, 5.41) is 3.49. The van der Waals surface area contributed by atoms with E-state index in [4.69, 9.17) is 0 Å². The van der Waals surface area contributed by atoms with Gasteiger partial charge in [0.05, 0.1) is 4.47 Å². The van der Waals surface area contributed by atoms with Crippen LogP contribution in [0.2, 0.25) is 0 Å². The third-order valence-electron chi connectivity index (χ3n) is 4.01. The maximum absolute atomic E-state index is 13.6. The largest absolute Gasteiger partial charge is 0.382 e. The summed E-state index contributed by atoms with van der Waals surface area (Å²) in [6.07, 6.45) is 6.64. The molecule has 0 saturated heterocycles. The Morgan fingerprint density at radius 2 is 1.94 bits per heavy atom. The molecule has 0 heterocycles. The fourth-order valence-electron chi connectivity index (χ4n) is 2.80. The predicted octanol–water partition coefficient (Wildman–Crippen LogP) is 5.28. The third-order valence-corrected chi connectivity index (χ3v) is 4.62. The molecule has 1 atom stereocenters. The summed E-state index contributed by atoms with van der Waals surface area (Å²) in [4.78, 5) is 0. The molecular weight excluding hydrogens is 293 g/mol. The predicted molar refractivity (Wildman–Crippen MR) is 78.5 cm³/mol. The normalized spacial score (nSPS) is 18.7. The van der Waals surface area contributed by atoms with Gasteiger partial charge in [-0.1, -0.05) is 19.3 Å². The molecule has 2 rings (SSSR count). The smallest absolute Gasteiger partial charge is 0.139 e. The van der Waals surface area contributed by atoms with Crippen LogP contribution in [-0.4, -0.2) is 6.04 Å². The Bertz CT molecular complexity index is 413. The molecular formula is C15H21BrFN. The van der Waals surface area contributed by atoms with E-state index in [0.29, 0.717) is 10.5 Å². The van der Waals surface area contributed by atoms with Crippen LogP contribution in [0.1, 0.15) is 44.6 Å². The number of benzene rings is 1. The van der Waals surface area contributed by atoms with Crippen LogP contribution in [0.3, 0.4) is 0 Å². The SMILES string of the molecule is Cc1cc(Br)c(F)cc1NC(C)C1CCCCC1. The Kier molecular flexibility index (Phi) is 4.66. The van der Waals surface area contributed by atoms with Crippen LogP contribution >= 0.6 is 15.9 Å². The van der Waals surface area contributed by atoms with Crippen LogP contribution in [0.5, 0.6) is 0 Å². The quantitative estimate of drug-likeness (QED) is 0.800. The minimum atomic E-state index is -0.195. The van der Waals surface area contributed by atoms with E-state index in [1.54, 1.807) is 6.07 Å². The molecule has 0 bridgehead atoms. The summed E-state index contributed by atoms with van der Waals surface area (Å²) in [7, 11) is 0. The van der Waals surface area contributed by atoms with Gasteiger partial charge in [0.15, 0.2) is 0 Å². The van der Waals surface area contributed by atoms with Crippen LogP contribution in [-0.2, 0) is 0 Å². The maximum atomic E-state index is 13.6. The van der Waals surface area contributed by atoms with E-state index in [-0.39, 0.29) is 5.82 Å². The van der Waals surface area contributed by atoms with Gasteiger partial charge in [0.1, 0.15) is 5.82 Å². The van der Waals surface area contributed by atoms with Crippen molar-refractivity contribution in [1.29, 1.82) is 0 Å². The molecule has 3 heteroatoms. The molecule has 0 aliphatic heterocycles. The number of aryl methyl sites for hydroxylation is 1. The first-order valence-electron chi connectivity index (χ1n) is 6.80.